The number of carbonyl (C=O) groups excluding carboxylic acids is 1. The number of pyridine rings is 1. The summed E-state index contributed by atoms with van der Waals surface area (Å²) in [6.45, 7) is 4.81. The zero-order valence-electron chi connectivity index (χ0n) is 17.5. The molecule has 0 bridgehead atoms. The van der Waals surface area contributed by atoms with E-state index in [1.807, 2.05) is 30.3 Å². The quantitative estimate of drug-likeness (QED) is 0.458. The van der Waals surface area contributed by atoms with E-state index >= 15 is 0 Å². The van der Waals surface area contributed by atoms with Crippen LogP contribution in [0.4, 0.5) is 0 Å². The number of hydrogen-bond acceptors (Lipinski definition) is 2. The minimum absolute atomic E-state index is 0.00315. The third-order valence-electron chi connectivity index (χ3n) is 5.62. The Kier molecular flexibility index (Phi) is 5.94. The Morgan fingerprint density at radius 3 is 2.67 bits per heavy atom. The molecule has 1 atom stereocenters. The summed E-state index contributed by atoms with van der Waals surface area (Å²) in [6.07, 6.45) is 4.97. The molecule has 2 heterocycles. The second-order valence-electron chi connectivity index (χ2n) is 7.83. The van der Waals surface area contributed by atoms with Gasteiger partial charge in [-0.15, -0.1) is 0 Å². The van der Waals surface area contributed by atoms with Gasteiger partial charge < -0.3 is 10.3 Å². The van der Waals surface area contributed by atoms with E-state index in [0.29, 0.717) is 13.0 Å². The molecule has 30 heavy (non-hydrogen) atoms. The molecule has 4 heteroatoms. The SMILES string of the molecule is Cc1ccc(C(CC(=O)NCCc2ccccn2)c2c[nH]c3ccccc23)c(C)c1. The van der Waals surface area contributed by atoms with Crippen molar-refractivity contribution in [3.63, 3.8) is 0 Å². The van der Waals surface area contributed by atoms with E-state index in [4.69, 9.17) is 0 Å². The third-order valence-corrected chi connectivity index (χ3v) is 5.62. The van der Waals surface area contributed by atoms with Crippen LogP contribution in [0, 0.1) is 13.8 Å². The number of aryl methyl sites for hydroxylation is 2. The standard InChI is InChI=1S/C26H27N3O/c1-18-10-11-21(19(2)15-18)23(24-17-29-25-9-4-3-8-22(24)25)16-26(30)28-14-12-20-7-5-6-13-27-20/h3-11,13,15,17,23,29H,12,14,16H2,1-2H3,(H,28,30). The molecule has 0 aliphatic rings. The Labute approximate surface area is 177 Å². The first-order chi connectivity index (χ1) is 14.6. The first-order valence-corrected chi connectivity index (χ1v) is 10.4. The highest BCUT2D eigenvalue weighted by Gasteiger charge is 2.22. The molecule has 4 aromatic rings. The Balaban J connectivity index is 1.57. The smallest absolute Gasteiger partial charge is 0.220 e. The zero-order chi connectivity index (χ0) is 20.9. The lowest BCUT2D eigenvalue weighted by Crippen LogP contribution is -2.27. The Morgan fingerprint density at radius 1 is 1.03 bits per heavy atom. The lowest BCUT2D eigenvalue weighted by atomic mass is 9.85. The number of carbonyl (C=O) groups is 1. The highest BCUT2D eigenvalue weighted by Crippen LogP contribution is 2.35. The van der Waals surface area contributed by atoms with Crippen molar-refractivity contribution >= 4 is 16.8 Å². The number of nitrogens with one attached hydrogen (secondary N) is 2. The van der Waals surface area contributed by atoms with Crippen molar-refractivity contribution in [2.45, 2.75) is 32.6 Å². The molecule has 0 saturated carbocycles. The molecule has 1 unspecified atom stereocenters. The van der Waals surface area contributed by atoms with Crippen molar-refractivity contribution in [3.05, 3.63) is 101 Å². The van der Waals surface area contributed by atoms with Crippen LogP contribution >= 0.6 is 0 Å². The summed E-state index contributed by atoms with van der Waals surface area (Å²) in [6, 6.07) is 20.6. The van der Waals surface area contributed by atoms with E-state index in [0.717, 1.165) is 23.2 Å². The molecule has 1 amide bonds. The molecule has 0 aliphatic heterocycles. The van der Waals surface area contributed by atoms with Crippen LogP contribution in [-0.2, 0) is 11.2 Å². The van der Waals surface area contributed by atoms with Gasteiger partial charge in [0.15, 0.2) is 0 Å². The minimum Gasteiger partial charge on any atom is -0.361 e. The molecule has 0 saturated heterocycles. The zero-order valence-corrected chi connectivity index (χ0v) is 17.5. The monoisotopic (exact) mass is 397 g/mol. The average Bonchev–Trinajstić information content (AvgIpc) is 3.17. The minimum atomic E-state index is -0.00315. The van der Waals surface area contributed by atoms with Crippen molar-refractivity contribution in [2.24, 2.45) is 0 Å². The number of aromatic nitrogens is 2. The average molecular weight is 398 g/mol. The molecule has 4 rings (SSSR count). The van der Waals surface area contributed by atoms with Gasteiger partial charge in [0.1, 0.15) is 0 Å². The summed E-state index contributed by atoms with van der Waals surface area (Å²) in [5, 5.41) is 4.25. The van der Waals surface area contributed by atoms with Crippen LogP contribution in [0.15, 0.2) is 73.1 Å². The maximum atomic E-state index is 12.9. The van der Waals surface area contributed by atoms with Gasteiger partial charge in [-0.2, -0.15) is 0 Å². The Morgan fingerprint density at radius 2 is 1.87 bits per heavy atom. The number of para-hydroxylation sites is 1. The highest BCUT2D eigenvalue weighted by atomic mass is 16.1. The van der Waals surface area contributed by atoms with Gasteiger partial charge in [0.25, 0.3) is 0 Å². The molecular formula is C26H27N3O. The molecule has 2 aromatic carbocycles. The molecule has 0 fully saturated rings. The van der Waals surface area contributed by atoms with Crippen molar-refractivity contribution < 1.29 is 4.79 Å². The van der Waals surface area contributed by atoms with Crippen LogP contribution in [-0.4, -0.2) is 22.4 Å². The molecule has 2 aromatic heterocycles. The van der Waals surface area contributed by atoms with Crippen LogP contribution < -0.4 is 5.32 Å². The normalized spacial score (nSPS) is 12.1. The van der Waals surface area contributed by atoms with Crippen LogP contribution in [0.5, 0.6) is 0 Å². The second kappa shape index (κ2) is 8.95. The lowest BCUT2D eigenvalue weighted by molar-refractivity contribution is -0.121. The van der Waals surface area contributed by atoms with Crippen LogP contribution in [0.2, 0.25) is 0 Å². The van der Waals surface area contributed by atoms with Gasteiger partial charge in [0.2, 0.25) is 5.91 Å². The number of rotatable bonds is 7. The fourth-order valence-corrected chi connectivity index (χ4v) is 4.12. The predicted octanol–water partition coefficient (Wildman–Crippen LogP) is 5.06. The molecule has 152 valence electrons. The van der Waals surface area contributed by atoms with E-state index < -0.39 is 0 Å². The summed E-state index contributed by atoms with van der Waals surface area (Å²) in [4.78, 5) is 20.6. The van der Waals surface area contributed by atoms with Gasteiger partial charge in [-0.05, 0) is 48.7 Å². The number of H-pyrrole nitrogens is 1. The summed E-state index contributed by atoms with van der Waals surface area (Å²) in [5.74, 6) is 0.0535. The third kappa shape index (κ3) is 4.43. The van der Waals surface area contributed by atoms with Gasteiger partial charge in [-0.25, -0.2) is 0 Å². The summed E-state index contributed by atoms with van der Waals surface area (Å²) in [5.41, 5.74) is 6.89. The van der Waals surface area contributed by atoms with Crippen LogP contribution in [0.25, 0.3) is 10.9 Å². The van der Waals surface area contributed by atoms with Crippen molar-refractivity contribution in [1.29, 1.82) is 0 Å². The molecule has 0 spiro atoms. The number of hydrogen-bond donors (Lipinski definition) is 2. The van der Waals surface area contributed by atoms with Crippen molar-refractivity contribution in [1.82, 2.24) is 15.3 Å². The van der Waals surface area contributed by atoms with Gasteiger partial charge in [0, 0.05) is 54.3 Å². The van der Waals surface area contributed by atoms with Crippen molar-refractivity contribution in [3.8, 4) is 0 Å². The van der Waals surface area contributed by atoms with Crippen LogP contribution in [0.1, 0.15) is 40.3 Å². The van der Waals surface area contributed by atoms with E-state index in [2.05, 4.69) is 65.7 Å². The van der Waals surface area contributed by atoms with E-state index in [1.165, 1.54) is 22.1 Å². The number of nitrogens with zero attached hydrogens (tertiary/aromatic N) is 1. The summed E-state index contributed by atoms with van der Waals surface area (Å²) < 4.78 is 0. The largest absolute Gasteiger partial charge is 0.361 e. The molecule has 0 aliphatic carbocycles. The molecule has 2 N–H and O–H groups in total. The maximum absolute atomic E-state index is 12.9. The van der Waals surface area contributed by atoms with E-state index in [1.54, 1.807) is 6.20 Å². The molecular weight excluding hydrogens is 370 g/mol. The van der Waals surface area contributed by atoms with Crippen LogP contribution in [0.3, 0.4) is 0 Å². The van der Waals surface area contributed by atoms with Gasteiger partial charge in [-0.1, -0.05) is 48.0 Å². The van der Waals surface area contributed by atoms with Crippen molar-refractivity contribution in [2.75, 3.05) is 6.54 Å². The van der Waals surface area contributed by atoms with Gasteiger partial charge >= 0.3 is 0 Å². The lowest BCUT2D eigenvalue weighted by Gasteiger charge is -2.20. The van der Waals surface area contributed by atoms with Gasteiger partial charge in [0.05, 0.1) is 0 Å². The molecule has 4 nitrogen and oxygen atoms in total. The Hall–Kier alpha value is -3.40. The van der Waals surface area contributed by atoms with Gasteiger partial charge in [-0.3, -0.25) is 9.78 Å². The number of amides is 1. The number of benzene rings is 2. The van der Waals surface area contributed by atoms with E-state index in [9.17, 15) is 4.79 Å². The first-order valence-electron chi connectivity index (χ1n) is 10.4. The second-order valence-corrected chi connectivity index (χ2v) is 7.83. The highest BCUT2D eigenvalue weighted by molar-refractivity contribution is 5.86. The number of fused-ring (bicyclic) bond motifs is 1. The number of aromatic amines is 1. The Bertz CT molecular complexity index is 1150. The molecule has 0 radical (unpaired) electrons. The first kappa shape index (κ1) is 19.9. The summed E-state index contributed by atoms with van der Waals surface area (Å²) in [7, 11) is 0. The topological polar surface area (TPSA) is 57.8 Å². The fraction of sp³-hybridized carbons (Fsp3) is 0.231. The predicted molar refractivity (Wildman–Crippen MR) is 122 cm³/mol. The summed E-state index contributed by atoms with van der Waals surface area (Å²) >= 11 is 0. The van der Waals surface area contributed by atoms with E-state index in [-0.39, 0.29) is 11.8 Å². The fourth-order valence-electron chi connectivity index (χ4n) is 4.12. The maximum Gasteiger partial charge on any atom is 0.220 e.